The Labute approximate surface area is 105 Å². The maximum absolute atomic E-state index is 11.6. The zero-order valence-electron chi connectivity index (χ0n) is 8.12. The predicted octanol–water partition coefficient (Wildman–Crippen LogP) is -1.94. The Morgan fingerprint density at radius 3 is 2.64 bits per heavy atom. The van der Waals surface area contributed by atoms with Gasteiger partial charge in [0.1, 0.15) is 0 Å². The van der Waals surface area contributed by atoms with Gasteiger partial charge in [-0.3, -0.25) is 4.79 Å². The van der Waals surface area contributed by atoms with Crippen molar-refractivity contribution in [3.8, 4) is 0 Å². The van der Waals surface area contributed by atoms with Gasteiger partial charge in [-0.1, -0.05) is 24.3 Å². The minimum absolute atomic E-state index is 0. The molecule has 0 heterocycles. The number of carbonyl (C=O) groups is 1. The molecule has 0 aliphatic heterocycles. The Bertz CT molecular complexity index is 383. The van der Waals surface area contributed by atoms with E-state index in [2.05, 4.69) is 0 Å². The molecule has 1 aromatic carbocycles. The molecule has 0 saturated heterocycles. The monoisotopic (exact) mass is 196 g/mol. The van der Waals surface area contributed by atoms with Gasteiger partial charge in [0.15, 0.2) is 5.78 Å². The maximum atomic E-state index is 11.6. The van der Waals surface area contributed by atoms with Crippen LogP contribution in [0.25, 0.3) is 0 Å². The van der Waals surface area contributed by atoms with Crippen molar-refractivity contribution in [1.29, 1.82) is 0 Å². The summed E-state index contributed by atoms with van der Waals surface area (Å²) in [6.07, 6.45) is 2.06. The Hall–Kier alpha value is -0.570. The summed E-state index contributed by atoms with van der Waals surface area (Å²) in [5.41, 5.74) is 2.15. The molecular formula is C11H9NaO2. The van der Waals surface area contributed by atoms with E-state index < -0.39 is 0 Å². The second kappa shape index (κ2) is 4.78. The molecule has 0 spiro atoms. The summed E-state index contributed by atoms with van der Waals surface area (Å²) >= 11 is 0. The molecule has 0 N–H and O–H groups in total. The van der Waals surface area contributed by atoms with Crippen LogP contribution in [-0.4, -0.2) is 5.78 Å². The van der Waals surface area contributed by atoms with Crippen LogP contribution in [0.1, 0.15) is 22.3 Å². The average molecular weight is 196 g/mol. The van der Waals surface area contributed by atoms with Crippen LogP contribution in [0.5, 0.6) is 0 Å². The molecule has 0 amide bonds. The van der Waals surface area contributed by atoms with Gasteiger partial charge in [-0.05, 0) is 24.0 Å². The molecule has 0 radical (unpaired) electrons. The van der Waals surface area contributed by atoms with Gasteiger partial charge in [-0.15, -0.1) is 6.26 Å². The zero-order chi connectivity index (χ0) is 9.26. The van der Waals surface area contributed by atoms with Crippen LogP contribution < -0.4 is 34.7 Å². The topological polar surface area (TPSA) is 40.1 Å². The first-order valence-electron chi connectivity index (χ1n) is 4.26. The Morgan fingerprint density at radius 1 is 1.21 bits per heavy atom. The molecular weight excluding hydrogens is 187 g/mol. The fourth-order valence-electron chi connectivity index (χ4n) is 1.63. The molecule has 3 heteroatoms. The fraction of sp³-hybridized carbons (Fsp3) is 0.182. The van der Waals surface area contributed by atoms with E-state index in [1.54, 1.807) is 6.07 Å². The summed E-state index contributed by atoms with van der Waals surface area (Å²) in [6, 6.07) is 7.46. The summed E-state index contributed by atoms with van der Waals surface area (Å²) < 4.78 is 0. The van der Waals surface area contributed by atoms with E-state index in [1.807, 2.05) is 18.2 Å². The van der Waals surface area contributed by atoms with Crippen molar-refractivity contribution < 1.29 is 39.5 Å². The third kappa shape index (κ3) is 1.92. The summed E-state index contributed by atoms with van der Waals surface area (Å²) in [4.78, 5) is 11.6. The van der Waals surface area contributed by atoms with Crippen LogP contribution in [0.4, 0.5) is 0 Å². The quantitative estimate of drug-likeness (QED) is 0.275. The number of hydrogen-bond acceptors (Lipinski definition) is 2. The van der Waals surface area contributed by atoms with Crippen molar-refractivity contribution in [2.45, 2.75) is 12.8 Å². The van der Waals surface area contributed by atoms with Gasteiger partial charge in [0, 0.05) is 5.56 Å². The summed E-state index contributed by atoms with van der Waals surface area (Å²) in [7, 11) is 0. The second-order valence-electron chi connectivity index (χ2n) is 3.13. The van der Waals surface area contributed by atoms with Crippen molar-refractivity contribution in [2.75, 3.05) is 0 Å². The number of Topliss-reactive ketones (excluding diaryl/α,β-unsaturated/α-hetero) is 1. The van der Waals surface area contributed by atoms with Gasteiger partial charge in [0.2, 0.25) is 0 Å². The molecule has 1 aromatic rings. The number of rotatable bonds is 0. The number of hydrogen-bond donors (Lipinski definition) is 0. The van der Waals surface area contributed by atoms with Crippen molar-refractivity contribution in [3.63, 3.8) is 0 Å². The number of allylic oxidation sites excluding steroid dienone is 1. The van der Waals surface area contributed by atoms with Crippen LogP contribution in [-0.2, 0) is 6.42 Å². The SMILES string of the molecule is O=C1C(=C[O-])CCc2ccccc21.[Na+]. The molecule has 1 aliphatic carbocycles. The van der Waals surface area contributed by atoms with Crippen LogP contribution in [0.3, 0.4) is 0 Å². The van der Waals surface area contributed by atoms with E-state index in [-0.39, 0.29) is 35.3 Å². The van der Waals surface area contributed by atoms with Gasteiger partial charge >= 0.3 is 29.6 Å². The molecule has 14 heavy (non-hydrogen) atoms. The molecule has 0 fully saturated rings. The smallest absolute Gasteiger partial charge is 0.878 e. The molecule has 66 valence electrons. The van der Waals surface area contributed by atoms with Crippen molar-refractivity contribution in [2.24, 2.45) is 0 Å². The Morgan fingerprint density at radius 2 is 1.93 bits per heavy atom. The number of carbonyl (C=O) groups excluding carboxylic acids is 1. The fourth-order valence-corrected chi connectivity index (χ4v) is 1.63. The molecule has 0 bridgehead atoms. The van der Waals surface area contributed by atoms with E-state index in [4.69, 9.17) is 0 Å². The number of benzene rings is 1. The first-order valence-corrected chi connectivity index (χ1v) is 4.26. The number of fused-ring (bicyclic) bond motifs is 1. The molecule has 1 aliphatic rings. The standard InChI is InChI=1S/C11H10O2.Na/c12-7-9-6-5-8-3-1-2-4-10(8)11(9)13;/h1-4,7,12H,5-6H2;/q;+1/p-1. The first-order chi connectivity index (χ1) is 6.33. The summed E-state index contributed by atoms with van der Waals surface area (Å²) in [6.45, 7) is 0. The van der Waals surface area contributed by atoms with E-state index in [1.165, 1.54) is 0 Å². The van der Waals surface area contributed by atoms with Gasteiger partial charge in [-0.2, -0.15) is 0 Å². The van der Waals surface area contributed by atoms with Crippen LogP contribution >= 0.6 is 0 Å². The average Bonchev–Trinajstić information content (AvgIpc) is 2.19. The molecule has 0 aromatic heterocycles. The van der Waals surface area contributed by atoms with Crippen molar-refractivity contribution >= 4 is 5.78 Å². The minimum atomic E-state index is -0.100. The molecule has 2 nitrogen and oxygen atoms in total. The number of aryl methyl sites for hydroxylation is 1. The normalized spacial score (nSPS) is 17.4. The molecule has 0 saturated carbocycles. The largest absolute Gasteiger partial charge is 1.00 e. The van der Waals surface area contributed by atoms with E-state index in [0.717, 1.165) is 12.0 Å². The van der Waals surface area contributed by atoms with E-state index in [9.17, 15) is 9.90 Å². The number of ketones is 1. The van der Waals surface area contributed by atoms with E-state index in [0.29, 0.717) is 23.8 Å². The Balaban J connectivity index is 0.000000980. The minimum Gasteiger partial charge on any atom is -0.878 e. The first kappa shape index (κ1) is 11.5. The van der Waals surface area contributed by atoms with Gasteiger partial charge in [0.25, 0.3) is 0 Å². The molecule has 0 unspecified atom stereocenters. The van der Waals surface area contributed by atoms with Gasteiger partial charge in [0.05, 0.1) is 0 Å². The van der Waals surface area contributed by atoms with Crippen molar-refractivity contribution in [1.82, 2.24) is 0 Å². The third-order valence-electron chi connectivity index (χ3n) is 2.36. The molecule has 2 rings (SSSR count). The third-order valence-corrected chi connectivity index (χ3v) is 2.36. The van der Waals surface area contributed by atoms with Crippen LogP contribution in [0.2, 0.25) is 0 Å². The van der Waals surface area contributed by atoms with Gasteiger partial charge in [-0.25, -0.2) is 0 Å². The van der Waals surface area contributed by atoms with E-state index >= 15 is 0 Å². The molecule has 0 atom stereocenters. The maximum Gasteiger partial charge on any atom is 1.00 e. The van der Waals surface area contributed by atoms with Crippen LogP contribution in [0.15, 0.2) is 36.1 Å². The predicted molar refractivity (Wildman–Crippen MR) is 47.2 cm³/mol. The van der Waals surface area contributed by atoms with Crippen molar-refractivity contribution in [3.05, 3.63) is 47.2 Å². The van der Waals surface area contributed by atoms with Crippen LogP contribution in [0, 0.1) is 0 Å². The second-order valence-corrected chi connectivity index (χ2v) is 3.13. The Kier molecular flexibility index (Phi) is 3.93. The summed E-state index contributed by atoms with van der Waals surface area (Å²) in [5, 5.41) is 10.5. The zero-order valence-corrected chi connectivity index (χ0v) is 10.1. The summed E-state index contributed by atoms with van der Waals surface area (Å²) in [5.74, 6) is -0.100. The van der Waals surface area contributed by atoms with Gasteiger partial charge < -0.3 is 5.11 Å².